The SMILES string of the molecule is CC(=O)c1cccc(NC(=O)CN2C(=O)CCc3cc(S(=O)(=O)N4CCCC[C@H]4C)ccc32)c1. The first-order valence-electron chi connectivity index (χ1n) is 11.5. The van der Waals surface area contributed by atoms with Gasteiger partial charge in [0.1, 0.15) is 6.54 Å². The van der Waals surface area contributed by atoms with Crippen LogP contribution in [-0.2, 0) is 26.0 Å². The van der Waals surface area contributed by atoms with Crippen LogP contribution in [0.2, 0.25) is 0 Å². The van der Waals surface area contributed by atoms with E-state index in [-0.39, 0.29) is 35.6 Å². The number of hydrogen-bond acceptors (Lipinski definition) is 5. The lowest BCUT2D eigenvalue weighted by atomic mass is 10.0. The molecule has 4 rings (SSSR count). The predicted octanol–water partition coefficient (Wildman–Crippen LogP) is 3.37. The van der Waals surface area contributed by atoms with Crippen molar-refractivity contribution >= 4 is 39.0 Å². The van der Waals surface area contributed by atoms with Gasteiger partial charge in [0.25, 0.3) is 0 Å². The van der Waals surface area contributed by atoms with Crippen LogP contribution in [0.25, 0.3) is 0 Å². The van der Waals surface area contributed by atoms with Crippen molar-refractivity contribution in [1.82, 2.24) is 4.31 Å². The van der Waals surface area contributed by atoms with E-state index in [1.54, 1.807) is 40.7 Å². The summed E-state index contributed by atoms with van der Waals surface area (Å²) < 4.78 is 28.0. The molecule has 1 atom stereocenters. The topological polar surface area (TPSA) is 104 Å². The fourth-order valence-corrected chi connectivity index (χ4v) is 6.35. The smallest absolute Gasteiger partial charge is 0.244 e. The molecule has 2 aromatic rings. The van der Waals surface area contributed by atoms with Crippen molar-refractivity contribution in [1.29, 1.82) is 0 Å². The van der Waals surface area contributed by atoms with Crippen molar-refractivity contribution < 1.29 is 22.8 Å². The van der Waals surface area contributed by atoms with Crippen LogP contribution in [0.3, 0.4) is 0 Å². The number of nitrogens with zero attached hydrogens (tertiary/aromatic N) is 2. The molecule has 0 radical (unpaired) electrons. The van der Waals surface area contributed by atoms with Crippen molar-refractivity contribution in [2.24, 2.45) is 0 Å². The molecule has 8 nitrogen and oxygen atoms in total. The van der Waals surface area contributed by atoms with Gasteiger partial charge in [-0.25, -0.2) is 8.42 Å². The number of fused-ring (bicyclic) bond motifs is 1. The standard InChI is InChI=1S/C25H29N3O5S/c1-17-6-3-4-13-28(17)34(32,33)22-10-11-23-20(15-22)9-12-25(31)27(23)16-24(30)26-21-8-5-7-19(14-21)18(2)29/h5,7-8,10-11,14-15,17H,3-4,6,9,12-13,16H2,1-2H3,(H,26,30)/t17-/m1/s1. The molecule has 0 saturated carbocycles. The molecule has 2 aliphatic heterocycles. The highest BCUT2D eigenvalue weighted by Crippen LogP contribution is 2.32. The molecule has 34 heavy (non-hydrogen) atoms. The van der Waals surface area contributed by atoms with Gasteiger partial charge in [-0.2, -0.15) is 4.31 Å². The Morgan fingerprint density at radius 2 is 1.88 bits per heavy atom. The Morgan fingerprint density at radius 1 is 1.09 bits per heavy atom. The zero-order valence-electron chi connectivity index (χ0n) is 19.4. The summed E-state index contributed by atoms with van der Waals surface area (Å²) in [5, 5.41) is 2.73. The minimum Gasteiger partial charge on any atom is -0.325 e. The Kier molecular flexibility index (Phi) is 6.86. The van der Waals surface area contributed by atoms with Crippen LogP contribution in [0.4, 0.5) is 11.4 Å². The van der Waals surface area contributed by atoms with Crippen molar-refractivity contribution in [2.45, 2.75) is 56.9 Å². The van der Waals surface area contributed by atoms with E-state index >= 15 is 0 Å². The minimum absolute atomic E-state index is 0.0435. The Balaban J connectivity index is 1.54. The van der Waals surface area contributed by atoms with Gasteiger partial charge in [-0.3, -0.25) is 14.4 Å². The summed E-state index contributed by atoms with van der Waals surface area (Å²) in [5.74, 6) is -0.706. The maximum absolute atomic E-state index is 13.2. The molecule has 0 spiro atoms. The van der Waals surface area contributed by atoms with Crippen LogP contribution in [0, 0.1) is 0 Å². The average Bonchev–Trinajstić information content (AvgIpc) is 2.81. The lowest BCUT2D eigenvalue weighted by Crippen LogP contribution is -2.42. The number of piperidine rings is 1. The van der Waals surface area contributed by atoms with E-state index in [4.69, 9.17) is 0 Å². The zero-order chi connectivity index (χ0) is 24.5. The van der Waals surface area contributed by atoms with Gasteiger partial charge in [-0.05, 0) is 69.0 Å². The van der Waals surface area contributed by atoms with Gasteiger partial charge >= 0.3 is 0 Å². The van der Waals surface area contributed by atoms with Crippen molar-refractivity contribution in [2.75, 3.05) is 23.3 Å². The third-order valence-corrected chi connectivity index (χ3v) is 8.46. The van der Waals surface area contributed by atoms with Gasteiger partial charge in [0.2, 0.25) is 21.8 Å². The number of ketones is 1. The van der Waals surface area contributed by atoms with Gasteiger partial charge in [-0.15, -0.1) is 0 Å². The fraction of sp³-hybridized carbons (Fsp3) is 0.400. The zero-order valence-corrected chi connectivity index (χ0v) is 20.2. The molecular weight excluding hydrogens is 454 g/mol. The number of rotatable bonds is 6. The monoisotopic (exact) mass is 483 g/mol. The molecule has 0 bridgehead atoms. The van der Waals surface area contributed by atoms with Gasteiger partial charge in [0.05, 0.1) is 4.90 Å². The normalized spacial score (nSPS) is 18.9. The molecule has 1 N–H and O–H groups in total. The molecule has 0 aliphatic carbocycles. The molecule has 180 valence electrons. The summed E-state index contributed by atoms with van der Waals surface area (Å²) in [6.45, 7) is 3.69. The van der Waals surface area contributed by atoms with Gasteiger partial charge < -0.3 is 10.2 Å². The van der Waals surface area contributed by atoms with Gasteiger partial charge in [0.15, 0.2) is 5.78 Å². The third kappa shape index (κ3) is 4.90. The Morgan fingerprint density at radius 3 is 2.62 bits per heavy atom. The second-order valence-electron chi connectivity index (χ2n) is 8.92. The molecule has 9 heteroatoms. The maximum Gasteiger partial charge on any atom is 0.244 e. The van der Waals surface area contributed by atoms with E-state index in [2.05, 4.69) is 5.32 Å². The molecule has 0 aromatic heterocycles. The van der Waals surface area contributed by atoms with E-state index in [1.807, 2.05) is 6.92 Å². The maximum atomic E-state index is 13.2. The number of carbonyl (C=O) groups is 3. The molecule has 1 fully saturated rings. The number of sulfonamides is 1. The summed E-state index contributed by atoms with van der Waals surface area (Å²) in [6, 6.07) is 11.3. The molecule has 2 amide bonds. The average molecular weight is 484 g/mol. The Labute approximate surface area is 200 Å². The molecular formula is C25H29N3O5S. The van der Waals surface area contributed by atoms with E-state index in [9.17, 15) is 22.8 Å². The van der Waals surface area contributed by atoms with Crippen LogP contribution in [0.5, 0.6) is 0 Å². The summed E-state index contributed by atoms with van der Waals surface area (Å²) >= 11 is 0. The second-order valence-corrected chi connectivity index (χ2v) is 10.8. The summed E-state index contributed by atoms with van der Waals surface area (Å²) in [5.41, 5.74) is 2.24. The Bertz CT molecular complexity index is 1240. The number of amides is 2. The predicted molar refractivity (Wildman–Crippen MR) is 129 cm³/mol. The first-order chi connectivity index (χ1) is 16.2. The van der Waals surface area contributed by atoms with Crippen LogP contribution < -0.4 is 10.2 Å². The molecule has 0 unspecified atom stereocenters. The number of nitrogens with one attached hydrogen (secondary N) is 1. The number of anilines is 2. The van der Waals surface area contributed by atoms with Gasteiger partial charge in [0, 0.05) is 35.9 Å². The van der Waals surface area contributed by atoms with E-state index < -0.39 is 15.9 Å². The van der Waals surface area contributed by atoms with Gasteiger partial charge in [-0.1, -0.05) is 18.6 Å². The summed E-state index contributed by atoms with van der Waals surface area (Å²) in [6.07, 6.45) is 3.34. The molecule has 2 aromatic carbocycles. The number of carbonyl (C=O) groups excluding carboxylic acids is 3. The molecule has 2 heterocycles. The first kappa shape index (κ1) is 24.1. The van der Waals surface area contributed by atoms with E-state index in [0.717, 1.165) is 24.8 Å². The Hall–Kier alpha value is -3.04. The van der Waals surface area contributed by atoms with Crippen molar-refractivity contribution in [3.8, 4) is 0 Å². The van der Waals surface area contributed by atoms with Crippen molar-refractivity contribution in [3.05, 3.63) is 53.6 Å². The second kappa shape index (κ2) is 9.68. The van der Waals surface area contributed by atoms with E-state index in [0.29, 0.717) is 29.9 Å². The minimum atomic E-state index is -3.63. The third-order valence-electron chi connectivity index (χ3n) is 6.45. The summed E-state index contributed by atoms with van der Waals surface area (Å²) in [7, 11) is -3.63. The number of aryl methyl sites for hydroxylation is 1. The highest BCUT2D eigenvalue weighted by atomic mass is 32.2. The van der Waals surface area contributed by atoms with Crippen LogP contribution >= 0.6 is 0 Å². The first-order valence-corrected chi connectivity index (χ1v) is 13.0. The molecule has 2 aliphatic rings. The van der Waals surface area contributed by atoms with Crippen molar-refractivity contribution in [3.63, 3.8) is 0 Å². The summed E-state index contributed by atoms with van der Waals surface area (Å²) in [4.78, 5) is 38.5. The highest BCUT2D eigenvalue weighted by Gasteiger charge is 2.33. The van der Waals surface area contributed by atoms with E-state index in [1.165, 1.54) is 17.9 Å². The van der Waals surface area contributed by atoms with Crippen LogP contribution in [0.1, 0.15) is 55.5 Å². The number of hydrogen-bond donors (Lipinski definition) is 1. The largest absolute Gasteiger partial charge is 0.325 e. The lowest BCUT2D eigenvalue weighted by Gasteiger charge is -2.33. The van der Waals surface area contributed by atoms with Crippen LogP contribution in [0.15, 0.2) is 47.4 Å². The quantitative estimate of drug-likeness (QED) is 0.635. The highest BCUT2D eigenvalue weighted by molar-refractivity contribution is 7.89. The fourth-order valence-electron chi connectivity index (χ4n) is 4.59. The van der Waals surface area contributed by atoms with Crippen LogP contribution in [-0.4, -0.2) is 49.5 Å². The molecule has 1 saturated heterocycles. The lowest BCUT2D eigenvalue weighted by molar-refractivity contribution is -0.121. The number of Topliss-reactive ketones (excluding diaryl/α,β-unsaturated/α-hetero) is 1. The number of benzene rings is 2.